The minimum absolute atomic E-state index is 0.0727. The molecular formula is C13H18N2O2. The number of rotatable bonds is 4. The van der Waals surface area contributed by atoms with Crippen LogP contribution in [0.2, 0.25) is 0 Å². The van der Waals surface area contributed by atoms with Gasteiger partial charge in [-0.25, -0.2) is 0 Å². The van der Waals surface area contributed by atoms with Gasteiger partial charge in [0.05, 0.1) is 18.8 Å². The lowest BCUT2D eigenvalue weighted by molar-refractivity contribution is -0.119. The van der Waals surface area contributed by atoms with Crippen LogP contribution < -0.4 is 15.0 Å². The molecule has 1 aliphatic heterocycles. The van der Waals surface area contributed by atoms with Crippen LogP contribution in [0.4, 0.5) is 5.69 Å². The van der Waals surface area contributed by atoms with Crippen LogP contribution in [0.3, 0.4) is 0 Å². The molecule has 1 amide bonds. The molecule has 0 saturated carbocycles. The molecule has 0 spiro atoms. The van der Waals surface area contributed by atoms with E-state index < -0.39 is 0 Å². The Balaban J connectivity index is 2.01. The lowest BCUT2D eigenvalue weighted by Gasteiger charge is -2.30. The van der Waals surface area contributed by atoms with E-state index in [-0.39, 0.29) is 5.91 Å². The van der Waals surface area contributed by atoms with Gasteiger partial charge in [0.15, 0.2) is 0 Å². The summed E-state index contributed by atoms with van der Waals surface area (Å²) in [5.41, 5.74) is 1.00. The molecule has 4 nitrogen and oxygen atoms in total. The largest absolute Gasteiger partial charge is 0.490 e. The van der Waals surface area contributed by atoms with Gasteiger partial charge >= 0.3 is 0 Å². The quantitative estimate of drug-likeness (QED) is 0.856. The fourth-order valence-corrected chi connectivity index (χ4v) is 1.88. The van der Waals surface area contributed by atoms with Gasteiger partial charge in [-0.15, -0.1) is 0 Å². The number of carbonyl (C=O) groups is 1. The summed E-state index contributed by atoms with van der Waals surface area (Å²) in [6.45, 7) is 4.59. The second-order valence-corrected chi connectivity index (χ2v) is 4.09. The average Bonchev–Trinajstić information content (AvgIpc) is 2.37. The fraction of sp³-hybridized carbons (Fsp3) is 0.462. The van der Waals surface area contributed by atoms with Gasteiger partial charge in [0.25, 0.3) is 0 Å². The van der Waals surface area contributed by atoms with Crippen LogP contribution in [0, 0.1) is 0 Å². The Morgan fingerprint density at radius 3 is 3.12 bits per heavy atom. The second-order valence-electron chi connectivity index (χ2n) is 4.09. The summed E-state index contributed by atoms with van der Waals surface area (Å²) < 4.78 is 5.54. The first-order chi connectivity index (χ1) is 8.31. The third-order valence-electron chi connectivity index (χ3n) is 2.73. The van der Waals surface area contributed by atoms with Crippen molar-refractivity contribution < 1.29 is 9.53 Å². The van der Waals surface area contributed by atoms with E-state index in [1.165, 1.54) is 0 Å². The van der Waals surface area contributed by atoms with Crippen LogP contribution in [0.25, 0.3) is 0 Å². The highest BCUT2D eigenvalue weighted by Gasteiger charge is 2.19. The predicted octanol–water partition coefficient (Wildman–Crippen LogP) is 1.41. The molecule has 0 unspecified atom stereocenters. The summed E-state index contributed by atoms with van der Waals surface area (Å²) in [5, 5.41) is 2.89. The van der Waals surface area contributed by atoms with Crippen molar-refractivity contribution in [3.63, 3.8) is 0 Å². The highest BCUT2D eigenvalue weighted by Crippen LogP contribution is 2.30. The zero-order valence-electron chi connectivity index (χ0n) is 10.1. The number of carbonyl (C=O) groups excluding carboxylic acids is 1. The van der Waals surface area contributed by atoms with E-state index in [4.69, 9.17) is 4.74 Å². The molecule has 0 atom stereocenters. The van der Waals surface area contributed by atoms with Crippen LogP contribution in [0.1, 0.15) is 13.3 Å². The van der Waals surface area contributed by atoms with Gasteiger partial charge in [0, 0.05) is 6.54 Å². The number of nitrogens with zero attached hydrogens (tertiary/aromatic N) is 1. The molecule has 1 aromatic rings. The van der Waals surface area contributed by atoms with E-state index in [0.29, 0.717) is 13.2 Å². The number of ether oxygens (including phenoxy) is 1. The number of nitrogens with one attached hydrogen (secondary N) is 1. The third kappa shape index (κ3) is 2.90. The van der Waals surface area contributed by atoms with Crippen molar-refractivity contribution >= 4 is 11.6 Å². The summed E-state index contributed by atoms with van der Waals surface area (Å²) in [6, 6.07) is 7.83. The molecule has 1 aromatic carbocycles. The van der Waals surface area contributed by atoms with Gasteiger partial charge in [-0.1, -0.05) is 19.1 Å². The SMILES string of the molecule is CCCNC(=O)CN1CCOc2ccccc21. The highest BCUT2D eigenvalue weighted by atomic mass is 16.5. The molecule has 2 rings (SSSR count). The van der Waals surface area contributed by atoms with E-state index >= 15 is 0 Å². The molecule has 1 heterocycles. The molecule has 0 radical (unpaired) electrons. The molecule has 0 aromatic heterocycles. The maximum Gasteiger partial charge on any atom is 0.239 e. The fourth-order valence-electron chi connectivity index (χ4n) is 1.88. The number of hydrogen-bond donors (Lipinski definition) is 1. The van der Waals surface area contributed by atoms with E-state index in [1.54, 1.807) is 0 Å². The van der Waals surface area contributed by atoms with Gasteiger partial charge in [-0.05, 0) is 18.6 Å². The zero-order valence-corrected chi connectivity index (χ0v) is 10.1. The minimum atomic E-state index is 0.0727. The summed E-state index contributed by atoms with van der Waals surface area (Å²) in [7, 11) is 0. The number of anilines is 1. The van der Waals surface area contributed by atoms with Crippen LogP contribution in [-0.4, -0.2) is 32.1 Å². The molecule has 0 saturated heterocycles. The Morgan fingerprint density at radius 1 is 1.47 bits per heavy atom. The number of fused-ring (bicyclic) bond motifs is 1. The molecule has 92 valence electrons. The maximum absolute atomic E-state index is 11.7. The second kappa shape index (κ2) is 5.57. The molecule has 4 heteroatoms. The molecular weight excluding hydrogens is 216 g/mol. The van der Waals surface area contributed by atoms with Gasteiger partial charge in [0.1, 0.15) is 12.4 Å². The Hall–Kier alpha value is -1.71. The Kier molecular flexibility index (Phi) is 3.85. The van der Waals surface area contributed by atoms with Gasteiger partial charge < -0.3 is 15.0 Å². The van der Waals surface area contributed by atoms with Crippen molar-refractivity contribution in [3.05, 3.63) is 24.3 Å². The molecule has 0 aliphatic carbocycles. The van der Waals surface area contributed by atoms with Crippen molar-refractivity contribution in [2.45, 2.75) is 13.3 Å². The summed E-state index contributed by atoms with van der Waals surface area (Å²) in [5.74, 6) is 0.936. The zero-order chi connectivity index (χ0) is 12.1. The number of para-hydroxylation sites is 2. The van der Waals surface area contributed by atoms with Crippen molar-refractivity contribution in [2.24, 2.45) is 0 Å². The van der Waals surface area contributed by atoms with Crippen molar-refractivity contribution in [2.75, 3.05) is 31.1 Å². The van der Waals surface area contributed by atoms with E-state index in [1.807, 2.05) is 31.2 Å². The standard InChI is InChI=1S/C13H18N2O2/c1-2-7-14-13(16)10-15-8-9-17-12-6-4-3-5-11(12)15/h3-6H,2,7-10H2,1H3,(H,14,16). The lowest BCUT2D eigenvalue weighted by Crippen LogP contribution is -2.41. The smallest absolute Gasteiger partial charge is 0.239 e. The number of benzene rings is 1. The monoisotopic (exact) mass is 234 g/mol. The van der Waals surface area contributed by atoms with Crippen LogP contribution >= 0.6 is 0 Å². The van der Waals surface area contributed by atoms with Crippen molar-refractivity contribution in [1.82, 2.24) is 5.32 Å². The molecule has 1 aliphatic rings. The predicted molar refractivity (Wildman–Crippen MR) is 67.5 cm³/mol. The first-order valence-electron chi connectivity index (χ1n) is 6.04. The Labute approximate surface area is 102 Å². The van der Waals surface area contributed by atoms with E-state index in [0.717, 1.165) is 30.9 Å². The number of hydrogen-bond acceptors (Lipinski definition) is 3. The Bertz CT molecular complexity index is 393. The number of amides is 1. The highest BCUT2D eigenvalue weighted by molar-refractivity contribution is 5.82. The summed E-state index contributed by atoms with van der Waals surface area (Å²) in [6.07, 6.45) is 0.964. The van der Waals surface area contributed by atoms with Crippen molar-refractivity contribution in [1.29, 1.82) is 0 Å². The minimum Gasteiger partial charge on any atom is -0.490 e. The van der Waals surface area contributed by atoms with Crippen LogP contribution in [0.15, 0.2) is 24.3 Å². The van der Waals surface area contributed by atoms with E-state index in [9.17, 15) is 4.79 Å². The first-order valence-corrected chi connectivity index (χ1v) is 6.04. The van der Waals surface area contributed by atoms with Crippen LogP contribution in [0.5, 0.6) is 5.75 Å². The van der Waals surface area contributed by atoms with E-state index in [2.05, 4.69) is 10.2 Å². The molecule has 1 N–H and O–H groups in total. The molecule has 0 bridgehead atoms. The van der Waals surface area contributed by atoms with Gasteiger partial charge in [-0.2, -0.15) is 0 Å². The summed E-state index contributed by atoms with van der Waals surface area (Å²) >= 11 is 0. The normalized spacial score (nSPS) is 13.8. The molecule has 0 fully saturated rings. The third-order valence-corrected chi connectivity index (χ3v) is 2.73. The first kappa shape index (κ1) is 11.8. The van der Waals surface area contributed by atoms with Gasteiger partial charge in [-0.3, -0.25) is 4.79 Å². The van der Waals surface area contributed by atoms with Gasteiger partial charge in [0.2, 0.25) is 5.91 Å². The topological polar surface area (TPSA) is 41.6 Å². The Morgan fingerprint density at radius 2 is 2.29 bits per heavy atom. The average molecular weight is 234 g/mol. The maximum atomic E-state index is 11.7. The summed E-state index contributed by atoms with van der Waals surface area (Å²) in [4.78, 5) is 13.7. The molecule has 17 heavy (non-hydrogen) atoms. The van der Waals surface area contributed by atoms with Crippen LogP contribution in [-0.2, 0) is 4.79 Å². The lowest BCUT2D eigenvalue weighted by atomic mass is 10.2. The van der Waals surface area contributed by atoms with Crippen molar-refractivity contribution in [3.8, 4) is 5.75 Å².